The average Bonchev–Trinajstić information content (AvgIpc) is 2.66. The molecule has 86 valence electrons. The number of ether oxygens (including phenoxy) is 1. The molecule has 1 aliphatic carbocycles. The zero-order valence-electron chi connectivity index (χ0n) is 9.02. The van der Waals surface area contributed by atoms with Crippen molar-refractivity contribution in [3.8, 4) is 0 Å². The predicted molar refractivity (Wildman–Crippen MR) is 55.4 cm³/mol. The van der Waals surface area contributed by atoms with E-state index in [4.69, 9.17) is 9.84 Å². The number of aliphatic hydroxyl groups excluding tert-OH is 1. The lowest BCUT2D eigenvalue weighted by molar-refractivity contribution is -0.145. The van der Waals surface area contributed by atoms with Crippen LogP contribution in [0.2, 0.25) is 0 Å². The molecule has 1 atom stereocenters. The van der Waals surface area contributed by atoms with Gasteiger partial charge in [0.1, 0.15) is 6.10 Å². The first-order valence-electron chi connectivity index (χ1n) is 5.86. The highest BCUT2D eigenvalue weighted by molar-refractivity contribution is 5.81. The number of hydrogen-bond acceptors (Lipinski definition) is 3. The molecule has 0 radical (unpaired) electrons. The van der Waals surface area contributed by atoms with Gasteiger partial charge in [0.2, 0.25) is 0 Å². The van der Waals surface area contributed by atoms with Crippen LogP contribution in [-0.2, 0) is 9.53 Å². The standard InChI is InChI=1S/C11H19NO3/c13-7-6-12(9-3-1-4-9)11(14)10-5-2-8-15-10/h9-10,13H,1-8H2/t10-/m1/s1. The summed E-state index contributed by atoms with van der Waals surface area (Å²) in [6.07, 6.45) is 4.95. The van der Waals surface area contributed by atoms with Gasteiger partial charge >= 0.3 is 0 Å². The van der Waals surface area contributed by atoms with E-state index < -0.39 is 0 Å². The maximum Gasteiger partial charge on any atom is 0.252 e. The molecule has 0 unspecified atom stereocenters. The van der Waals surface area contributed by atoms with Crippen LogP contribution >= 0.6 is 0 Å². The molecule has 2 fully saturated rings. The van der Waals surface area contributed by atoms with Gasteiger partial charge in [-0.2, -0.15) is 0 Å². The maximum atomic E-state index is 12.1. The zero-order valence-corrected chi connectivity index (χ0v) is 9.02. The predicted octanol–water partition coefficient (Wildman–Crippen LogP) is 0.539. The minimum Gasteiger partial charge on any atom is -0.395 e. The zero-order chi connectivity index (χ0) is 10.7. The second kappa shape index (κ2) is 4.94. The summed E-state index contributed by atoms with van der Waals surface area (Å²) in [4.78, 5) is 13.9. The first-order valence-corrected chi connectivity index (χ1v) is 5.86. The highest BCUT2D eigenvalue weighted by atomic mass is 16.5. The Bertz CT molecular complexity index is 222. The summed E-state index contributed by atoms with van der Waals surface area (Å²) in [5, 5.41) is 8.96. The largest absolute Gasteiger partial charge is 0.395 e. The number of amides is 1. The second-order valence-electron chi connectivity index (χ2n) is 4.34. The SMILES string of the molecule is O=C([C@H]1CCCO1)N(CCO)C1CCC1. The van der Waals surface area contributed by atoms with Crippen molar-refractivity contribution in [1.82, 2.24) is 4.90 Å². The van der Waals surface area contributed by atoms with Crippen LogP contribution in [-0.4, -0.2) is 47.8 Å². The monoisotopic (exact) mass is 213 g/mol. The lowest BCUT2D eigenvalue weighted by atomic mass is 9.91. The van der Waals surface area contributed by atoms with Crippen LogP contribution in [0.4, 0.5) is 0 Å². The minimum atomic E-state index is -0.239. The van der Waals surface area contributed by atoms with E-state index in [-0.39, 0.29) is 18.6 Å². The van der Waals surface area contributed by atoms with E-state index in [1.165, 1.54) is 6.42 Å². The Labute approximate surface area is 90.2 Å². The Kier molecular flexibility index (Phi) is 3.59. The molecule has 1 N–H and O–H groups in total. The molecule has 4 heteroatoms. The second-order valence-corrected chi connectivity index (χ2v) is 4.34. The number of nitrogens with zero attached hydrogens (tertiary/aromatic N) is 1. The highest BCUT2D eigenvalue weighted by Gasteiger charge is 2.34. The number of carbonyl (C=O) groups is 1. The Morgan fingerprint density at radius 2 is 2.13 bits per heavy atom. The molecule has 0 aromatic heterocycles. The first kappa shape index (κ1) is 10.9. The Balaban J connectivity index is 1.92. The molecule has 2 aliphatic rings. The molecular formula is C11H19NO3. The van der Waals surface area contributed by atoms with Crippen LogP contribution in [0.15, 0.2) is 0 Å². The molecule has 0 aromatic rings. The van der Waals surface area contributed by atoms with E-state index in [1.54, 1.807) is 0 Å². The Morgan fingerprint density at radius 3 is 2.60 bits per heavy atom. The van der Waals surface area contributed by atoms with Crippen molar-refractivity contribution < 1.29 is 14.6 Å². The van der Waals surface area contributed by atoms with E-state index in [0.29, 0.717) is 19.2 Å². The van der Waals surface area contributed by atoms with Crippen molar-refractivity contribution in [2.24, 2.45) is 0 Å². The molecular weight excluding hydrogens is 194 g/mol. The van der Waals surface area contributed by atoms with Crippen LogP contribution in [0.1, 0.15) is 32.1 Å². The third kappa shape index (κ3) is 2.32. The number of hydrogen-bond donors (Lipinski definition) is 1. The summed E-state index contributed by atoms with van der Waals surface area (Å²) >= 11 is 0. The molecule has 1 saturated heterocycles. The molecule has 0 spiro atoms. The Morgan fingerprint density at radius 1 is 1.33 bits per heavy atom. The molecule has 1 heterocycles. The molecule has 1 amide bonds. The van der Waals surface area contributed by atoms with Gasteiger partial charge in [-0.15, -0.1) is 0 Å². The van der Waals surface area contributed by atoms with Gasteiger partial charge in [-0.1, -0.05) is 0 Å². The van der Waals surface area contributed by atoms with Crippen LogP contribution in [0, 0.1) is 0 Å². The Hall–Kier alpha value is -0.610. The molecule has 0 bridgehead atoms. The third-order valence-electron chi connectivity index (χ3n) is 3.34. The van der Waals surface area contributed by atoms with E-state index in [1.807, 2.05) is 4.90 Å². The van der Waals surface area contributed by atoms with E-state index in [9.17, 15) is 4.79 Å². The van der Waals surface area contributed by atoms with Crippen molar-refractivity contribution in [2.75, 3.05) is 19.8 Å². The fraction of sp³-hybridized carbons (Fsp3) is 0.909. The number of carbonyl (C=O) groups excluding carboxylic acids is 1. The quantitative estimate of drug-likeness (QED) is 0.741. The van der Waals surface area contributed by atoms with Crippen molar-refractivity contribution in [2.45, 2.75) is 44.2 Å². The summed E-state index contributed by atoms with van der Waals surface area (Å²) in [6, 6.07) is 0.355. The summed E-state index contributed by atoms with van der Waals surface area (Å²) in [7, 11) is 0. The lowest BCUT2D eigenvalue weighted by Crippen LogP contribution is -2.49. The van der Waals surface area contributed by atoms with E-state index >= 15 is 0 Å². The van der Waals surface area contributed by atoms with Crippen LogP contribution in [0.3, 0.4) is 0 Å². The van der Waals surface area contributed by atoms with Gasteiger partial charge in [0.15, 0.2) is 0 Å². The summed E-state index contributed by atoms with van der Waals surface area (Å²) < 4.78 is 5.39. The van der Waals surface area contributed by atoms with Gasteiger partial charge in [-0.25, -0.2) is 0 Å². The average molecular weight is 213 g/mol. The number of rotatable bonds is 4. The maximum absolute atomic E-state index is 12.1. The van der Waals surface area contributed by atoms with Crippen LogP contribution in [0.25, 0.3) is 0 Å². The molecule has 1 saturated carbocycles. The topological polar surface area (TPSA) is 49.8 Å². The van der Waals surface area contributed by atoms with Gasteiger partial charge < -0.3 is 14.7 Å². The molecule has 0 aromatic carbocycles. The van der Waals surface area contributed by atoms with Gasteiger partial charge in [0.25, 0.3) is 5.91 Å². The summed E-state index contributed by atoms with van der Waals surface area (Å²) in [5.74, 6) is 0.0891. The molecule has 15 heavy (non-hydrogen) atoms. The van der Waals surface area contributed by atoms with Crippen molar-refractivity contribution in [3.05, 3.63) is 0 Å². The minimum absolute atomic E-state index is 0.0506. The van der Waals surface area contributed by atoms with Crippen molar-refractivity contribution in [3.63, 3.8) is 0 Å². The normalized spacial score (nSPS) is 26.3. The van der Waals surface area contributed by atoms with Crippen molar-refractivity contribution >= 4 is 5.91 Å². The lowest BCUT2D eigenvalue weighted by Gasteiger charge is -2.38. The van der Waals surface area contributed by atoms with Gasteiger partial charge in [0.05, 0.1) is 6.61 Å². The van der Waals surface area contributed by atoms with E-state index in [0.717, 1.165) is 25.7 Å². The van der Waals surface area contributed by atoms with Crippen LogP contribution in [0.5, 0.6) is 0 Å². The molecule has 1 aliphatic heterocycles. The van der Waals surface area contributed by atoms with Gasteiger partial charge in [-0.05, 0) is 32.1 Å². The fourth-order valence-electron chi connectivity index (χ4n) is 2.24. The summed E-state index contributed by atoms with van der Waals surface area (Å²) in [6.45, 7) is 1.21. The van der Waals surface area contributed by atoms with Crippen LogP contribution < -0.4 is 0 Å². The van der Waals surface area contributed by atoms with E-state index in [2.05, 4.69) is 0 Å². The highest BCUT2D eigenvalue weighted by Crippen LogP contribution is 2.26. The smallest absolute Gasteiger partial charge is 0.252 e. The number of aliphatic hydroxyl groups is 1. The first-order chi connectivity index (χ1) is 7.33. The fourth-order valence-corrected chi connectivity index (χ4v) is 2.24. The third-order valence-corrected chi connectivity index (χ3v) is 3.34. The molecule has 2 rings (SSSR count). The molecule has 4 nitrogen and oxygen atoms in total. The van der Waals surface area contributed by atoms with Crippen molar-refractivity contribution in [1.29, 1.82) is 0 Å². The van der Waals surface area contributed by atoms with Gasteiger partial charge in [-0.3, -0.25) is 4.79 Å². The van der Waals surface area contributed by atoms with Gasteiger partial charge in [0, 0.05) is 19.2 Å². The summed E-state index contributed by atoms with van der Waals surface area (Å²) in [5.41, 5.74) is 0.